The van der Waals surface area contributed by atoms with E-state index in [1.54, 1.807) is 12.1 Å². The van der Waals surface area contributed by atoms with Crippen LogP contribution in [0.15, 0.2) is 24.3 Å². The van der Waals surface area contributed by atoms with Gasteiger partial charge in [-0.3, -0.25) is 4.79 Å². The first-order valence-electron chi connectivity index (χ1n) is 6.44. The van der Waals surface area contributed by atoms with Gasteiger partial charge in [-0.15, -0.1) is 0 Å². The van der Waals surface area contributed by atoms with Gasteiger partial charge in [0.05, 0.1) is 13.7 Å². The maximum absolute atomic E-state index is 12.8. The fourth-order valence-corrected chi connectivity index (χ4v) is 1.83. The highest BCUT2D eigenvalue weighted by molar-refractivity contribution is 5.75. The van der Waals surface area contributed by atoms with Gasteiger partial charge in [0.1, 0.15) is 11.9 Å². The zero-order valence-corrected chi connectivity index (χ0v) is 11.7. The van der Waals surface area contributed by atoms with Crippen LogP contribution in [0.3, 0.4) is 0 Å². The van der Waals surface area contributed by atoms with Gasteiger partial charge >= 0.3 is 5.97 Å². The van der Waals surface area contributed by atoms with Crippen molar-refractivity contribution in [3.8, 4) is 0 Å². The molecule has 0 heterocycles. The van der Waals surface area contributed by atoms with Crippen LogP contribution in [0.25, 0.3) is 0 Å². The molecule has 20 heavy (non-hydrogen) atoms. The van der Waals surface area contributed by atoms with E-state index in [2.05, 4.69) is 15.4 Å². The van der Waals surface area contributed by atoms with E-state index in [1.807, 2.05) is 7.05 Å². The number of methoxy groups -OCH3 is 1. The van der Waals surface area contributed by atoms with Gasteiger partial charge in [0, 0.05) is 12.6 Å². The molecule has 0 fully saturated rings. The Morgan fingerprint density at radius 1 is 1.40 bits per heavy atom. The molecule has 0 aliphatic carbocycles. The normalized spacial score (nSPS) is 13.8. The zero-order valence-electron chi connectivity index (χ0n) is 11.7. The van der Waals surface area contributed by atoms with Crippen LogP contribution in [0.1, 0.15) is 5.56 Å². The molecule has 0 radical (unpaired) electrons. The summed E-state index contributed by atoms with van der Waals surface area (Å²) in [6.45, 7) is 0.161. The average Bonchev–Trinajstić information content (AvgIpc) is 2.48. The Bertz CT molecular complexity index is 411. The molecule has 2 atom stereocenters. The van der Waals surface area contributed by atoms with Gasteiger partial charge < -0.3 is 20.5 Å². The third-order valence-corrected chi connectivity index (χ3v) is 3.08. The number of benzene rings is 1. The second-order valence-electron chi connectivity index (χ2n) is 4.48. The topological polar surface area (TPSA) is 70.6 Å². The van der Waals surface area contributed by atoms with Crippen molar-refractivity contribution in [1.29, 1.82) is 0 Å². The largest absolute Gasteiger partial charge is 0.468 e. The summed E-state index contributed by atoms with van der Waals surface area (Å²) in [7, 11) is 3.09. The van der Waals surface area contributed by atoms with Crippen molar-refractivity contribution in [1.82, 2.24) is 10.6 Å². The quantitative estimate of drug-likeness (QED) is 0.590. The lowest BCUT2D eigenvalue weighted by atomic mass is 10.1. The number of halogens is 1. The maximum atomic E-state index is 12.8. The summed E-state index contributed by atoms with van der Waals surface area (Å²) >= 11 is 0. The number of hydrogen-bond donors (Lipinski definition) is 3. The van der Waals surface area contributed by atoms with Crippen LogP contribution >= 0.6 is 0 Å². The Hall–Kier alpha value is -1.50. The summed E-state index contributed by atoms with van der Waals surface area (Å²) in [6.07, 6.45) is 0.684. The number of carbonyl (C=O) groups excluding carboxylic acids is 1. The molecule has 5 nitrogen and oxygen atoms in total. The van der Waals surface area contributed by atoms with E-state index in [-0.39, 0.29) is 18.5 Å². The van der Waals surface area contributed by atoms with Gasteiger partial charge in [0.25, 0.3) is 0 Å². The van der Waals surface area contributed by atoms with Crippen molar-refractivity contribution in [3.63, 3.8) is 0 Å². The summed E-state index contributed by atoms with van der Waals surface area (Å²) in [5.41, 5.74) is 0.992. The predicted octanol–water partition coefficient (Wildman–Crippen LogP) is 0.0797. The molecule has 0 amide bonds. The number of carbonyl (C=O) groups is 1. The van der Waals surface area contributed by atoms with Crippen LogP contribution in [-0.2, 0) is 16.0 Å². The van der Waals surface area contributed by atoms with Crippen molar-refractivity contribution in [3.05, 3.63) is 35.6 Å². The van der Waals surface area contributed by atoms with Crippen molar-refractivity contribution in [2.24, 2.45) is 0 Å². The molecule has 3 N–H and O–H groups in total. The van der Waals surface area contributed by atoms with Gasteiger partial charge in [0.2, 0.25) is 0 Å². The number of aliphatic hydroxyl groups is 1. The van der Waals surface area contributed by atoms with Gasteiger partial charge in [-0.2, -0.15) is 0 Å². The SMILES string of the molecule is CN[C@H](CN[C@@H](CO)C(=O)OC)Cc1ccc(F)cc1. The molecule has 112 valence electrons. The van der Waals surface area contributed by atoms with Gasteiger partial charge in [-0.1, -0.05) is 12.1 Å². The highest BCUT2D eigenvalue weighted by Gasteiger charge is 2.18. The number of nitrogens with one attached hydrogen (secondary N) is 2. The average molecular weight is 284 g/mol. The fraction of sp³-hybridized carbons (Fsp3) is 0.500. The molecule has 0 bridgehead atoms. The first-order chi connectivity index (χ1) is 9.60. The van der Waals surface area contributed by atoms with Gasteiger partial charge in [-0.05, 0) is 31.2 Å². The highest BCUT2D eigenvalue weighted by atomic mass is 19.1. The minimum atomic E-state index is -0.732. The second-order valence-corrected chi connectivity index (χ2v) is 4.48. The van der Waals surface area contributed by atoms with Crippen molar-refractivity contribution in [2.45, 2.75) is 18.5 Å². The molecule has 0 saturated carbocycles. The lowest BCUT2D eigenvalue weighted by molar-refractivity contribution is -0.144. The summed E-state index contributed by atoms with van der Waals surface area (Å²) in [5, 5.41) is 15.2. The van der Waals surface area contributed by atoms with E-state index in [0.717, 1.165) is 5.56 Å². The molecule has 0 unspecified atom stereocenters. The third kappa shape index (κ3) is 5.24. The molecule has 1 aromatic carbocycles. The van der Waals surface area contributed by atoms with Gasteiger partial charge in [0.15, 0.2) is 0 Å². The van der Waals surface area contributed by atoms with Crippen molar-refractivity contribution < 1.29 is 19.0 Å². The molecule has 1 rings (SSSR count). The molecular formula is C14H21FN2O3. The van der Waals surface area contributed by atoms with Crippen LogP contribution in [-0.4, -0.2) is 50.5 Å². The molecule has 6 heteroatoms. The number of esters is 1. The summed E-state index contributed by atoms with van der Waals surface area (Å²) in [4.78, 5) is 11.3. The number of aliphatic hydroxyl groups excluding tert-OH is 1. The minimum Gasteiger partial charge on any atom is -0.468 e. The van der Waals surface area contributed by atoms with E-state index in [4.69, 9.17) is 5.11 Å². The Labute approximate surface area is 118 Å². The lowest BCUT2D eigenvalue weighted by Crippen LogP contribution is -2.47. The Balaban J connectivity index is 2.50. The van der Waals surface area contributed by atoms with Crippen LogP contribution in [0.4, 0.5) is 4.39 Å². The minimum absolute atomic E-state index is 0.0548. The number of rotatable bonds is 8. The van der Waals surface area contributed by atoms with Crippen LogP contribution in [0.5, 0.6) is 0 Å². The molecule has 1 aromatic rings. The van der Waals surface area contributed by atoms with Crippen molar-refractivity contribution >= 4 is 5.97 Å². The summed E-state index contributed by atoms with van der Waals surface area (Å²) in [5.74, 6) is -0.761. The first kappa shape index (κ1) is 16.6. The second kappa shape index (κ2) is 8.63. The number of hydrogen-bond acceptors (Lipinski definition) is 5. The van der Waals surface area contributed by atoms with E-state index in [0.29, 0.717) is 13.0 Å². The lowest BCUT2D eigenvalue weighted by Gasteiger charge is -2.20. The van der Waals surface area contributed by atoms with Crippen molar-refractivity contribution in [2.75, 3.05) is 27.3 Å². The Kier molecular flexibility index (Phi) is 7.14. The fourth-order valence-electron chi connectivity index (χ4n) is 1.83. The van der Waals surface area contributed by atoms with E-state index in [9.17, 15) is 9.18 Å². The van der Waals surface area contributed by atoms with E-state index >= 15 is 0 Å². The molecule has 0 aliphatic rings. The molecule has 0 aromatic heterocycles. The number of ether oxygens (including phenoxy) is 1. The highest BCUT2D eigenvalue weighted by Crippen LogP contribution is 2.05. The third-order valence-electron chi connectivity index (χ3n) is 3.08. The zero-order chi connectivity index (χ0) is 15.0. The van der Waals surface area contributed by atoms with E-state index < -0.39 is 12.0 Å². The molecular weight excluding hydrogens is 263 g/mol. The maximum Gasteiger partial charge on any atom is 0.325 e. The van der Waals surface area contributed by atoms with Crippen LogP contribution in [0, 0.1) is 5.82 Å². The monoisotopic (exact) mass is 284 g/mol. The summed E-state index contributed by atoms with van der Waals surface area (Å²) < 4.78 is 17.4. The Morgan fingerprint density at radius 3 is 2.55 bits per heavy atom. The molecule has 0 spiro atoms. The van der Waals surface area contributed by atoms with E-state index in [1.165, 1.54) is 19.2 Å². The Morgan fingerprint density at radius 2 is 2.05 bits per heavy atom. The smallest absolute Gasteiger partial charge is 0.325 e. The molecule has 0 aliphatic heterocycles. The van der Waals surface area contributed by atoms with Crippen LogP contribution in [0.2, 0.25) is 0 Å². The standard InChI is InChI=1S/C14H21FN2O3/c1-16-12(7-10-3-5-11(15)6-4-10)8-17-13(9-18)14(19)20-2/h3-6,12-13,16-18H,7-9H2,1-2H3/t12-,13-/m0/s1. The first-order valence-corrected chi connectivity index (χ1v) is 6.44. The van der Waals surface area contributed by atoms with Gasteiger partial charge in [-0.25, -0.2) is 4.39 Å². The number of likely N-dealkylation sites (N-methyl/N-ethyl adjacent to an activating group) is 1. The summed E-state index contributed by atoms with van der Waals surface area (Å²) in [6, 6.07) is 5.61. The predicted molar refractivity (Wildman–Crippen MR) is 73.8 cm³/mol. The van der Waals surface area contributed by atoms with Crippen LogP contribution < -0.4 is 10.6 Å². The molecule has 0 saturated heterocycles.